The second kappa shape index (κ2) is 5.23. The maximum atomic E-state index is 14.0. The van der Waals surface area contributed by atoms with Crippen molar-refractivity contribution in [3.63, 3.8) is 0 Å². The highest BCUT2D eigenvalue weighted by atomic mass is 19.1. The van der Waals surface area contributed by atoms with Crippen molar-refractivity contribution in [2.24, 2.45) is 0 Å². The first-order valence-corrected chi connectivity index (χ1v) is 6.60. The molecule has 0 saturated heterocycles. The van der Waals surface area contributed by atoms with Gasteiger partial charge in [0, 0.05) is 19.2 Å². The summed E-state index contributed by atoms with van der Waals surface area (Å²) in [5.74, 6) is -1.11. The molecule has 1 aromatic carbocycles. The topological polar surface area (TPSA) is 46.6 Å². The molecule has 0 radical (unpaired) electrons. The third-order valence-electron chi connectivity index (χ3n) is 3.77. The van der Waals surface area contributed by atoms with E-state index in [0.29, 0.717) is 0 Å². The fourth-order valence-corrected chi connectivity index (χ4v) is 2.70. The number of para-hydroxylation sites is 1. The van der Waals surface area contributed by atoms with Gasteiger partial charge in [-0.1, -0.05) is 18.2 Å². The highest BCUT2D eigenvalue weighted by molar-refractivity contribution is 6.07. The maximum Gasteiger partial charge on any atom is 0.340 e. The Morgan fingerprint density at radius 1 is 1.45 bits per heavy atom. The molecule has 1 heterocycles. The Labute approximate surface area is 117 Å². The molecule has 1 aliphatic rings. The number of fused-ring (bicyclic) bond motifs is 1. The molecule has 5 heteroatoms. The molecule has 2 unspecified atom stereocenters. The molecule has 2 atom stereocenters. The number of anilines is 1. The molecule has 1 amide bonds. The Hall–Kier alpha value is -1.91. The quantitative estimate of drug-likeness (QED) is 0.794. The number of hydrogen-bond acceptors (Lipinski definition) is 3. The zero-order valence-electron chi connectivity index (χ0n) is 11.9. The van der Waals surface area contributed by atoms with Gasteiger partial charge in [0.05, 0.1) is 12.0 Å². The van der Waals surface area contributed by atoms with Gasteiger partial charge in [-0.3, -0.25) is 4.79 Å². The Kier molecular flexibility index (Phi) is 3.79. The number of ether oxygens (including phenoxy) is 1. The van der Waals surface area contributed by atoms with Crippen LogP contribution in [0.15, 0.2) is 24.3 Å². The van der Waals surface area contributed by atoms with Gasteiger partial charge in [-0.15, -0.1) is 0 Å². The molecule has 1 aliphatic heterocycles. The lowest BCUT2D eigenvalue weighted by molar-refractivity contribution is -0.150. The SMILES string of the molecule is CCOC(=O)C(F)CC1(C)C(=O)N(C)c2ccccc21. The van der Waals surface area contributed by atoms with Crippen LogP contribution in [-0.2, 0) is 19.7 Å². The smallest absolute Gasteiger partial charge is 0.340 e. The summed E-state index contributed by atoms with van der Waals surface area (Å²) in [6.07, 6.45) is -2.00. The molecule has 0 N–H and O–H groups in total. The van der Waals surface area contributed by atoms with E-state index in [-0.39, 0.29) is 18.9 Å². The van der Waals surface area contributed by atoms with Crippen molar-refractivity contribution in [3.8, 4) is 0 Å². The Balaban J connectivity index is 2.30. The minimum absolute atomic E-state index is 0.125. The van der Waals surface area contributed by atoms with Crippen LogP contribution in [0.1, 0.15) is 25.8 Å². The number of benzene rings is 1. The van der Waals surface area contributed by atoms with Gasteiger partial charge in [-0.25, -0.2) is 9.18 Å². The number of nitrogens with zero attached hydrogens (tertiary/aromatic N) is 1. The van der Waals surface area contributed by atoms with Gasteiger partial charge in [0.15, 0.2) is 6.17 Å². The van der Waals surface area contributed by atoms with Crippen LogP contribution in [0.4, 0.5) is 10.1 Å². The number of hydrogen-bond donors (Lipinski definition) is 0. The molecule has 108 valence electrons. The highest BCUT2D eigenvalue weighted by Gasteiger charge is 2.48. The lowest BCUT2D eigenvalue weighted by atomic mass is 9.79. The van der Waals surface area contributed by atoms with Crippen molar-refractivity contribution in [2.75, 3.05) is 18.6 Å². The predicted octanol–water partition coefficient (Wildman–Crippen LogP) is 2.21. The molecular formula is C15H18FNO3. The predicted molar refractivity (Wildman–Crippen MR) is 73.4 cm³/mol. The Morgan fingerprint density at radius 3 is 2.75 bits per heavy atom. The molecule has 0 aromatic heterocycles. The molecular weight excluding hydrogens is 261 g/mol. The number of rotatable bonds is 4. The summed E-state index contributed by atoms with van der Waals surface area (Å²) < 4.78 is 18.7. The van der Waals surface area contributed by atoms with E-state index in [9.17, 15) is 14.0 Å². The molecule has 2 rings (SSSR count). The van der Waals surface area contributed by atoms with Crippen LogP contribution >= 0.6 is 0 Å². The van der Waals surface area contributed by atoms with E-state index in [1.807, 2.05) is 12.1 Å². The van der Waals surface area contributed by atoms with Crippen LogP contribution < -0.4 is 4.90 Å². The minimum atomic E-state index is -1.80. The van der Waals surface area contributed by atoms with E-state index in [4.69, 9.17) is 0 Å². The van der Waals surface area contributed by atoms with Crippen LogP contribution in [0.5, 0.6) is 0 Å². The van der Waals surface area contributed by atoms with Gasteiger partial charge < -0.3 is 9.64 Å². The second-order valence-electron chi connectivity index (χ2n) is 5.14. The van der Waals surface area contributed by atoms with Gasteiger partial charge >= 0.3 is 5.97 Å². The van der Waals surface area contributed by atoms with E-state index in [2.05, 4.69) is 4.74 Å². The zero-order valence-corrected chi connectivity index (χ0v) is 11.9. The summed E-state index contributed by atoms with van der Waals surface area (Å²) >= 11 is 0. The fourth-order valence-electron chi connectivity index (χ4n) is 2.70. The number of esters is 1. The standard InChI is InChI=1S/C15H18FNO3/c1-4-20-13(18)11(16)9-15(2)10-7-5-6-8-12(10)17(3)14(15)19/h5-8,11H,4,9H2,1-3H3. The summed E-state index contributed by atoms with van der Waals surface area (Å²) in [5, 5.41) is 0. The van der Waals surface area contributed by atoms with E-state index in [1.54, 1.807) is 33.0 Å². The van der Waals surface area contributed by atoms with Crippen molar-refractivity contribution in [2.45, 2.75) is 31.9 Å². The number of likely N-dealkylation sites (N-methyl/N-ethyl adjacent to an activating group) is 1. The Bertz CT molecular complexity index is 546. The first kappa shape index (κ1) is 14.5. The van der Waals surface area contributed by atoms with Crippen LogP contribution in [0, 0.1) is 0 Å². The van der Waals surface area contributed by atoms with E-state index in [1.165, 1.54) is 4.90 Å². The molecule has 20 heavy (non-hydrogen) atoms. The van der Waals surface area contributed by atoms with Gasteiger partial charge in [0.25, 0.3) is 0 Å². The molecule has 4 nitrogen and oxygen atoms in total. The van der Waals surface area contributed by atoms with Crippen molar-refractivity contribution < 1.29 is 18.7 Å². The van der Waals surface area contributed by atoms with Crippen molar-refractivity contribution in [3.05, 3.63) is 29.8 Å². The summed E-state index contributed by atoms with van der Waals surface area (Å²) in [4.78, 5) is 25.4. The Morgan fingerprint density at radius 2 is 2.10 bits per heavy atom. The molecule has 0 saturated carbocycles. The number of alkyl halides is 1. The van der Waals surface area contributed by atoms with Gasteiger partial charge in [0.1, 0.15) is 0 Å². The molecule has 0 aliphatic carbocycles. The van der Waals surface area contributed by atoms with Crippen LogP contribution in [0.25, 0.3) is 0 Å². The third kappa shape index (κ3) is 2.17. The first-order chi connectivity index (χ1) is 9.41. The summed E-state index contributed by atoms with van der Waals surface area (Å²) in [5.41, 5.74) is 0.479. The average Bonchev–Trinajstić information content (AvgIpc) is 2.62. The summed E-state index contributed by atoms with van der Waals surface area (Å²) in [7, 11) is 1.66. The average molecular weight is 279 g/mol. The van der Waals surface area contributed by atoms with Gasteiger partial charge in [-0.05, 0) is 25.5 Å². The molecule has 0 bridgehead atoms. The fraction of sp³-hybridized carbons (Fsp3) is 0.467. The summed E-state index contributed by atoms with van der Waals surface area (Å²) in [6, 6.07) is 7.25. The molecule has 1 aromatic rings. The maximum absolute atomic E-state index is 14.0. The zero-order chi connectivity index (χ0) is 14.9. The van der Waals surface area contributed by atoms with Gasteiger partial charge in [0.2, 0.25) is 5.91 Å². The number of halogens is 1. The van der Waals surface area contributed by atoms with E-state index >= 15 is 0 Å². The van der Waals surface area contributed by atoms with E-state index < -0.39 is 17.6 Å². The first-order valence-electron chi connectivity index (χ1n) is 6.60. The van der Waals surface area contributed by atoms with Crippen molar-refractivity contribution >= 4 is 17.6 Å². The van der Waals surface area contributed by atoms with Crippen LogP contribution in [0.2, 0.25) is 0 Å². The van der Waals surface area contributed by atoms with Crippen LogP contribution in [-0.4, -0.2) is 31.7 Å². The highest BCUT2D eigenvalue weighted by Crippen LogP contribution is 2.44. The number of amides is 1. The lowest BCUT2D eigenvalue weighted by Crippen LogP contribution is -2.39. The minimum Gasteiger partial charge on any atom is -0.464 e. The molecule has 0 spiro atoms. The third-order valence-corrected chi connectivity index (χ3v) is 3.77. The van der Waals surface area contributed by atoms with Crippen molar-refractivity contribution in [1.29, 1.82) is 0 Å². The number of carbonyl (C=O) groups excluding carboxylic acids is 2. The van der Waals surface area contributed by atoms with Crippen LogP contribution in [0.3, 0.4) is 0 Å². The molecule has 0 fully saturated rings. The normalized spacial score (nSPS) is 22.6. The van der Waals surface area contributed by atoms with Gasteiger partial charge in [-0.2, -0.15) is 0 Å². The lowest BCUT2D eigenvalue weighted by Gasteiger charge is -2.24. The van der Waals surface area contributed by atoms with Crippen molar-refractivity contribution in [1.82, 2.24) is 0 Å². The number of carbonyl (C=O) groups is 2. The summed E-state index contributed by atoms with van der Waals surface area (Å²) in [6.45, 7) is 3.42. The second-order valence-corrected chi connectivity index (χ2v) is 5.14. The van der Waals surface area contributed by atoms with E-state index in [0.717, 1.165) is 11.3 Å². The monoisotopic (exact) mass is 279 g/mol. The largest absolute Gasteiger partial charge is 0.464 e.